The van der Waals surface area contributed by atoms with Gasteiger partial charge in [0.05, 0.1) is 14.1 Å². The van der Waals surface area contributed by atoms with Gasteiger partial charge in [-0.15, -0.1) is 11.3 Å². The van der Waals surface area contributed by atoms with Crippen molar-refractivity contribution in [1.29, 1.82) is 0 Å². The van der Waals surface area contributed by atoms with Crippen LogP contribution in [-0.2, 0) is 4.74 Å². The molecule has 1 aromatic heterocycles. The lowest BCUT2D eigenvalue weighted by molar-refractivity contribution is 0.0549. The van der Waals surface area contributed by atoms with Gasteiger partial charge in [-0.25, -0.2) is 0 Å². The number of ether oxygens (including phenoxy) is 1. The number of ketones is 1. The fraction of sp³-hybridized carbons (Fsp3) is 0.615. The second-order valence-electron chi connectivity index (χ2n) is 4.91. The van der Waals surface area contributed by atoms with Crippen LogP contribution in [-0.4, -0.2) is 44.0 Å². The average Bonchev–Trinajstić information content (AvgIpc) is 2.69. The van der Waals surface area contributed by atoms with Crippen molar-refractivity contribution < 1.29 is 9.53 Å². The lowest BCUT2D eigenvalue weighted by Gasteiger charge is -2.26. The summed E-state index contributed by atoms with van der Waals surface area (Å²) >= 11 is 8.38. The first kappa shape index (κ1) is 15.6. The van der Waals surface area contributed by atoms with Crippen molar-refractivity contribution in [3.8, 4) is 0 Å². The van der Waals surface area contributed by atoms with E-state index in [4.69, 9.17) is 4.74 Å². The Morgan fingerprint density at radius 2 is 2.16 bits per heavy atom. The number of rotatable bonds is 5. The second kappa shape index (κ2) is 7.31. The molecule has 1 aliphatic rings. The number of nitrogens with zero attached hydrogens (tertiary/aromatic N) is 1. The number of Topliss-reactive ketones (excluding diaryl/α,β-unsaturated/α-hetero) is 1. The molecular formula is C13H17Br2NO2S. The second-order valence-corrected chi connectivity index (χ2v) is 8.66. The summed E-state index contributed by atoms with van der Waals surface area (Å²) in [5, 5.41) is 0. The molecule has 0 spiro atoms. The van der Waals surface area contributed by atoms with Crippen molar-refractivity contribution in [1.82, 2.24) is 4.90 Å². The third-order valence-corrected chi connectivity index (χ3v) is 5.62. The first-order valence-corrected chi connectivity index (χ1v) is 8.71. The van der Waals surface area contributed by atoms with Gasteiger partial charge in [0.15, 0.2) is 5.78 Å². The lowest BCUT2D eigenvalue weighted by Crippen LogP contribution is -2.33. The molecule has 1 saturated heterocycles. The summed E-state index contributed by atoms with van der Waals surface area (Å²) in [7, 11) is 2.02. The molecule has 0 radical (unpaired) electrons. The molecule has 1 aromatic rings. The molecule has 3 nitrogen and oxygen atoms in total. The average molecular weight is 411 g/mol. The van der Waals surface area contributed by atoms with E-state index in [0.717, 1.165) is 45.7 Å². The van der Waals surface area contributed by atoms with Crippen LogP contribution in [0.1, 0.15) is 23.2 Å². The summed E-state index contributed by atoms with van der Waals surface area (Å²) in [6, 6.07) is 1.89. The fourth-order valence-corrected chi connectivity index (χ4v) is 5.15. The van der Waals surface area contributed by atoms with E-state index in [0.29, 0.717) is 12.5 Å². The summed E-state index contributed by atoms with van der Waals surface area (Å²) in [6.07, 6.45) is 2.21. The first-order chi connectivity index (χ1) is 9.06. The van der Waals surface area contributed by atoms with Gasteiger partial charge in [0.2, 0.25) is 0 Å². The molecule has 0 bridgehead atoms. The molecule has 0 unspecified atom stereocenters. The molecule has 0 atom stereocenters. The Kier molecular flexibility index (Phi) is 6.02. The Morgan fingerprint density at radius 3 is 2.74 bits per heavy atom. The minimum Gasteiger partial charge on any atom is -0.381 e. The number of halogens is 2. The zero-order valence-corrected chi connectivity index (χ0v) is 14.8. The Hall–Kier alpha value is 0.250. The molecule has 0 N–H and O–H groups in total. The maximum atomic E-state index is 12.2. The summed E-state index contributed by atoms with van der Waals surface area (Å²) in [5.74, 6) is 0.826. The van der Waals surface area contributed by atoms with Gasteiger partial charge in [-0.3, -0.25) is 9.69 Å². The smallest absolute Gasteiger partial charge is 0.178 e. The normalized spacial score (nSPS) is 17.1. The molecule has 19 heavy (non-hydrogen) atoms. The molecule has 2 heterocycles. The number of hydrogen-bond acceptors (Lipinski definition) is 4. The van der Waals surface area contributed by atoms with Crippen molar-refractivity contribution >= 4 is 49.0 Å². The number of carbonyl (C=O) groups is 1. The molecule has 1 fully saturated rings. The van der Waals surface area contributed by atoms with Crippen molar-refractivity contribution in [3.05, 3.63) is 19.2 Å². The van der Waals surface area contributed by atoms with Gasteiger partial charge in [-0.1, -0.05) is 0 Å². The van der Waals surface area contributed by atoms with Crippen LogP contribution in [0.2, 0.25) is 0 Å². The van der Waals surface area contributed by atoms with Crippen LogP contribution in [0.3, 0.4) is 0 Å². The number of hydrogen-bond donors (Lipinski definition) is 0. The molecule has 0 amide bonds. The highest BCUT2D eigenvalue weighted by Crippen LogP contribution is 2.32. The molecule has 0 saturated carbocycles. The van der Waals surface area contributed by atoms with Crippen molar-refractivity contribution in [2.75, 3.05) is 33.4 Å². The Balaban J connectivity index is 1.86. The molecule has 0 aromatic carbocycles. The van der Waals surface area contributed by atoms with E-state index >= 15 is 0 Å². The van der Waals surface area contributed by atoms with Crippen LogP contribution >= 0.6 is 43.2 Å². The van der Waals surface area contributed by atoms with E-state index in [1.54, 1.807) is 0 Å². The minimum atomic E-state index is 0.170. The molecule has 2 rings (SSSR count). The summed E-state index contributed by atoms with van der Waals surface area (Å²) in [5.41, 5.74) is 0.774. The lowest BCUT2D eigenvalue weighted by atomic mass is 10.00. The zero-order chi connectivity index (χ0) is 13.8. The van der Waals surface area contributed by atoms with Crippen molar-refractivity contribution in [3.63, 3.8) is 0 Å². The predicted molar refractivity (Wildman–Crippen MR) is 85.1 cm³/mol. The highest BCUT2D eigenvalue weighted by atomic mass is 79.9. The van der Waals surface area contributed by atoms with Gasteiger partial charge < -0.3 is 4.74 Å². The van der Waals surface area contributed by atoms with E-state index < -0.39 is 0 Å². The fourth-order valence-electron chi connectivity index (χ4n) is 2.29. The van der Waals surface area contributed by atoms with Crippen LogP contribution in [0.4, 0.5) is 0 Å². The zero-order valence-electron chi connectivity index (χ0n) is 10.8. The van der Waals surface area contributed by atoms with Crippen LogP contribution in [0.25, 0.3) is 0 Å². The maximum absolute atomic E-state index is 12.2. The first-order valence-electron chi connectivity index (χ1n) is 6.30. The largest absolute Gasteiger partial charge is 0.381 e. The van der Waals surface area contributed by atoms with Gasteiger partial charge in [-0.05, 0) is 63.7 Å². The standard InChI is InChI=1S/C13H17Br2NO2S/c1-16(7-9-2-4-18-5-3-9)8-11(17)10-6-12(14)19-13(10)15/h6,9H,2-5,7-8H2,1H3. The Morgan fingerprint density at radius 1 is 1.47 bits per heavy atom. The van der Waals surface area contributed by atoms with Gasteiger partial charge in [-0.2, -0.15) is 0 Å². The topological polar surface area (TPSA) is 29.5 Å². The predicted octanol–water partition coefficient (Wildman–Crippen LogP) is 3.81. The summed E-state index contributed by atoms with van der Waals surface area (Å²) < 4.78 is 7.24. The number of likely N-dealkylation sites (N-methyl/N-ethyl adjacent to an activating group) is 1. The van der Waals surface area contributed by atoms with Crippen LogP contribution in [0.15, 0.2) is 13.6 Å². The van der Waals surface area contributed by atoms with Gasteiger partial charge in [0.25, 0.3) is 0 Å². The molecule has 0 aliphatic carbocycles. The van der Waals surface area contributed by atoms with Gasteiger partial charge >= 0.3 is 0 Å². The highest BCUT2D eigenvalue weighted by Gasteiger charge is 2.19. The molecule has 1 aliphatic heterocycles. The number of thiophene rings is 1. The third kappa shape index (κ3) is 4.63. The van der Waals surface area contributed by atoms with E-state index in [-0.39, 0.29) is 5.78 Å². The highest BCUT2D eigenvalue weighted by molar-refractivity contribution is 9.12. The monoisotopic (exact) mass is 409 g/mol. The third-order valence-electron chi connectivity index (χ3n) is 3.28. The van der Waals surface area contributed by atoms with E-state index in [2.05, 4.69) is 36.8 Å². The van der Waals surface area contributed by atoms with Crippen molar-refractivity contribution in [2.24, 2.45) is 5.92 Å². The maximum Gasteiger partial charge on any atom is 0.178 e. The van der Waals surface area contributed by atoms with Crippen molar-refractivity contribution in [2.45, 2.75) is 12.8 Å². The Labute approximate surface area is 134 Å². The van der Waals surface area contributed by atoms with Crippen LogP contribution in [0, 0.1) is 5.92 Å². The quantitative estimate of drug-likeness (QED) is 0.691. The van der Waals surface area contributed by atoms with E-state index in [1.807, 2.05) is 13.1 Å². The Bertz CT molecular complexity index is 444. The van der Waals surface area contributed by atoms with E-state index in [9.17, 15) is 4.79 Å². The summed E-state index contributed by atoms with van der Waals surface area (Å²) in [6.45, 7) is 3.15. The molecule has 106 valence electrons. The SMILES string of the molecule is CN(CC(=O)c1cc(Br)sc1Br)CC1CCOCC1. The van der Waals surface area contributed by atoms with Gasteiger partial charge in [0, 0.05) is 25.3 Å². The minimum absolute atomic E-state index is 0.170. The van der Waals surface area contributed by atoms with Crippen LogP contribution in [0.5, 0.6) is 0 Å². The summed E-state index contributed by atoms with van der Waals surface area (Å²) in [4.78, 5) is 14.3. The molecule has 6 heteroatoms. The molecular weight excluding hydrogens is 394 g/mol. The van der Waals surface area contributed by atoms with Gasteiger partial charge in [0.1, 0.15) is 0 Å². The van der Waals surface area contributed by atoms with E-state index in [1.165, 1.54) is 11.3 Å². The van der Waals surface area contributed by atoms with Crippen LogP contribution < -0.4 is 0 Å². The number of carbonyl (C=O) groups excluding carboxylic acids is 1.